The third kappa shape index (κ3) is 4.00. The zero-order valence-corrected chi connectivity index (χ0v) is 12.0. The molecule has 20 heavy (non-hydrogen) atoms. The molecule has 0 saturated heterocycles. The zero-order valence-electron chi connectivity index (χ0n) is 12.0. The molecule has 0 amide bonds. The smallest absolute Gasteiger partial charge is 0.122 e. The minimum atomic E-state index is -0.0640. The van der Waals surface area contributed by atoms with Crippen LogP contribution in [-0.2, 0) is 6.42 Å². The van der Waals surface area contributed by atoms with Gasteiger partial charge in [-0.05, 0) is 37.1 Å². The number of methoxy groups -OCH3 is 1. The van der Waals surface area contributed by atoms with Crippen LogP contribution < -0.4 is 15.2 Å². The summed E-state index contributed by atoms with van der Waals surface area (Å²) in [5.74, 6) is 1.73. The van der Waals surface area contributed by atoms with E-state index in [-0.39, 0.29) is 6.04 Å². The van der Waals surface area contributed by atoms with Crippen LogP contribution in [0.15, 0.2) is 48.5 Å². The average Bonchev–Trinajstić information content (AvgIpc) is 2.46. The van der Waals surface area contributed by atoms with Crippen LogP contribution in [0, 0.1) is 6.92 Å². The van der Waals surface area contributed by atoms with Gasteiger partial charge in [0.2, 0.25) is 0 Å². The third-order valence-electron chi connectivity index (χ3n) is 3.13. The Morgan fingerprint density at radius 2 is 1.85 bits per heavy atom. The van der Waals surface area contributed by atoms with Crippen LogP contribution in [-0.4, -0.2) is 19.8 Å². The molecular weight excluding hydrogens is 250 g/mol. The second-order valence-corrected chi connectivity index (χ2v) is 4.90. The lowest BCUT2D eigenvalue weighted by Crippen LogP contribution is -2.30. The highest BCUT2D eigenvalue weighted by Crippen LogP contribution is 2.21. The van der Waals surface area contributed by atoms with Gasteiger partial charge in [-0.15, -0.1) is 0 Å². The number of benzene rings is 2. The van der Waals surface area contributed by atoms with E-state index in [1.165, 1.54) is 5.56 Å². The van der Waals surface area contributed by atoms with Crippen LogP contribution in [0.5, 0.6) is 11.5 Å². The third-order valence-corrected chi connectivity index (χ3v) is 3.13. The van der Waals surface area contributed by atoms with E-state index in [9.17, 15) is 0 Å². The Kier molecular flexibility index (Phi) is 5.02. The highest BCUT2D eigenvalue weighted by Gasteiger charge is 2.10. The van der Waals surface area contributed by atoms with Gasteiger partial charge in [0.05, 0.1) is 7.11 Å². The van der Waals surface area contributed by atoms with E-state index in [1.54, 1.807) is 7.11 Å². The van der Waals surface area contributed by atoms with E-state index >= 15 is 0 Å². The Bertz CT molecular complexity index is 540. The van der Waals surface area contributed by atoms with Crippen LogP contribution in [0.25, 0.3) is 0 Å². The van der Waals surface area contributed by atoms with E-state index in [2.05, 4.69) is 13.0 Å². The summed E-state index contributed by atoms with van der Waals surface area (Å²) < 4.78 is 11.0. The predicted molar refractivity (Wildman–Crippen MR) is 81.3 cm³/mol. The van der Waals surface area contributed by atoms with Crippen molar-refractivity contribution in [1.29, 1.82) is 0 Å². The van der Waals surface area contributed by atoms with Crippen LogP contribution in [0.1, 0.15) is 11.1 Å². The average molecular weight is 271 g/mol. The normalized spacial score (nSPS) is 11.9. The van der Waals surface area contributed by atoms with Gasteiger partial charge < -0.3 is 15.2 Å². The van der Waals surface area contributed by atoms with Crippen LogP contribution in [0.3, 0.4) is 0 Å². The monoisotopic (exact) mass is 271 g/mol. The first kappa shape index (κ1) is 14.4. The molecule has 2 aromatic rings. The minimum Gasteiger partial charge on any atom is -0.496 e. The van der Waals surface area contributed by atoms with Crippen LogP contribution >= 0.6 is 0 Å². The summed E-state index contributed by atoms with van der Waals surface area (Å²) in [5.41, 5.74) is 8.47. The number of aryl methyl sites for hydroxylation is 1. The molecule has 2 N–H and O–H groups in total. The molecule has 0 bridgehead atoms. The van der Waals surface area contributed by atoms with Crippen molar-refractivity contribution in [2.45, 2.75) is 19.4 Å². The van der Waals surface area contributed by atoms with Gasteiger partial charge in [0.15, 0.2) is 0 Å². The Morgan fingerprint density at radius 3 is 2.55 bits per heavy atom. The standard InChI is InChI=1S/C17H21NO2/c1-13-8-9-17(19-2)14(10-13)11-15(18)12-20-16-6-4-3-5-7-16/h3-10,15H,11-12,18H2,1-2H3. The molecule has 1 atom stereocenters. The number of nitrogens with two attached hydrogens (primary N) is 1. The topological polar surface area (TPSA) is 44.5 Å². The molecule has 2 aromatic carbocycles. The maximum atomic E-state index is 6.15. The maximum Gasteiger partial charge on any atom is 0.122 e. The van der Waals surface area contributed by atoms with Gasteiger partial charge in [-0.3, -0.25) is 0 Å². The fourth-order valence-corrected chi connectivity index (χ4v) is 2.13. The number of para-hydroxylation sites is 1. The Balaban J connectivity index is 1.94. The van der Waals surface area contributed by atoms with Crippen LogP contribution in [0.4, 0.5) is 0 Å². The molecule has 0 aromatic heterocycles. The lowest BCUT2D eigenvalue weighted by Gasteiger charge is -2.15. The first-order valence-electron chi connectivity index (χ1n) is 6.76. The van der Waals surface area contributed by atoms with Gasteiger partial charge in [-0.2, -0.15) is 0 Å². The number of ether oxygens (including phenoxy) is 2. The first-order valence-corrected chi connectivity index (χ1v) is 6.76. The van der Waals surface area contributed by atoms with Crippen molar-refractivity contribution in [3.63, 3.8) is 0 Å². The minimum absolute atomic E-state index is 0.0640. The molecule has 0 radical (unpaired) electrons. The molecule has 0 aliphatic heterocycles. The van der Waals surface area contributed by atoms with Crippen molar-refractivity contribution in [3.05, 3.63) is 59.7 Å². The van der Waals surface area contributed by atoms with Crippen molar-refractivity contribution < 1.29 is 9.47 Å². The first-order chi connectivity index (χ1) is 9.69. The van der Waals surface area contributed by atoms with Gasteiger partial charge in [0.25, 0.3) is 0 Å². The molecule has 0 heterocycles. The quantitative estimate of drug-likeness (QED) is 0.878. The van der Waals surface area contributed by atoms with E-state index in [0.29, 0.717) is 6.61 Å². The Morgan fingerprint density at radius 1 is 1.10 bits per heavy atom. The van der Waals surface area contributed by atoms with Crippen molar-refractivity contribution in [2.24, 2.45) is 5.73 Å². The molecule has 0 aliphatic carbocycles. The van der Waals surface area contributed by atoms with E-state index in [0.717, 1.165) is 23.5 Å². The fraction of sp³-hybridized carbons (Fsp3) is 0.294. The molecule has 106 valence electrons. The molecular formula is C17H21NO2. The fourth-order valence-electron chi connectivity index (χ4n) is 2.13. The number of rotatable bonds is 6. The molecule has 3 heteroatoms. The summed E-state index contributed by atoms with van der Waals surface area (Å²) >= 11 is 0. The van der Waals surface area contributed by atoms with Crippen LogP contribution in [0.2, 0.25) is 0 Å². The van der Waals surface area contributed by atoms with Crippen molar-refractivity contribution in [3.8, 4) is 11.5 Å². The molecule has 1 unspecified atom stereocenters. The van der Waals surface area contributed by atoms with Crippen molar-refractivity contribution in [1.82, 2.24) is 0 Å². The molecule has 0 saturated carbocycles. The number of hydrogen-bond acceptors (Lipinski definition) is 3. The highest BCUT2D eigenvalue weighted by atomic mass is 16.5. The molecule has 0 fully saturated rings. The SMILES string of the molecule is COc1ccc(C)cc1CC(N)COc1ccccc1. The van der Waals surface area contributed by atoms with E-state index < -0.39 is 0 Å². The summed E-state index contributed by atoms with van der Waals surface area (Å²) in [5, 5.41) is 0. The molecule has 3 nitrogen and oxygen atoms in total. The Labute approximate surface area is 120 Å². The van der Waals surface area contributed by atoms with Gasteiger partial charge in [0.1, 0.15) is 18.1 Å². The second kappa shape index (κ2) is 6.96. The Hall–Kier alpha value is -2.00. The van der Waals surface area contributed by atoms with Crippen molar-refractivity contribution >= 4 is 0 Å². The van der Waals surface area contributed by atoms with Crippen molar-refractivity contribution in [2.75, 3.05) is 13.7 Å². The summed E-state index contributed by atoms with van der Waals surface area (Å²) in [6, 6.07) is 15.8. The molecule has 0 aliphatic rings. The largest absolute Gasteiger partial charge is 0.496 e. The molecule has 2 rings (SSSR count). The zero-order chi connectivity index (χ0) is 14.4. The van der Waals surface area contributed by atoms with Gasteiger partial charge in [-0.1, -0.05) is 35.9 Å². The summed E-state index contributed by atoms with van der Waals surface area (Å²) in [7, 11) is 1.68. The van der Waals surface area contributed by atoms with Gasteiger partial charge in [-0.25, -0.2) is 0 Å². The predicted octanol–water partition coefficient (Wildman–Crippen LogP) is 2.95. The second-order valence-electron chi connectivity index (χ2n) is 4.90. The summed E-state index contributed by atoms with van der Waals surface area (Å²) in [6.45, 7) is 2.55. The molecule has 0 spiro atoms. The van der Waals surface area contributed by atoms with E-state index in [4.69, 9.17) is 15.2 Å². The summed E-state index contributed by atoms with van der Waals surface area (Å²) in [6.07, 6.45) is 0.734. The number of hydrogen-bond donors (Lipinski definition) is 1. The van der Waals surface area contributed by atoms with Gasteiger partial charge in [0, 0.05) is 6.04 Å². The maximum absolute atomic E-state index is 6.15. The van der Waals surface area contributed by atoms with Gasteiger partial charge >= 0.3 is 0 Å². The lowest BCUT2D eigenvalue weighted by atomic mass is 10.0. The highest BCUT2D eigenvalue weighted by molar-refractivity contribution is 5.37. The lowest BCUT2D eigenvalue weighted by molar-refractivity contribution is 0.286. The van der Waals surface area contributed by atoms with E-state index in [1.807, 2.05) is 42.5 Å². The summed E-state index contributed by atoms with van der Waals surface area (Å²) in [4.78, 5) is 0.